The first-order valence-corrected chi connectivity index (χ1v) is 8.55. The minimum absolute atomic E-state index is 0. The van der Waals surface area contributed by atoms with Crippen molar-refractivity contribution < 1.29 is 14.0 Å². The molecule has 2 amide bonds. The van der Waals surface area contributed by atoms with Crippen LogP contribution in [0.25, 0.3) is 0 Å². The quantitative estimate of drug-likeness (QED) is 0.671. The number of anilines is 1. The van der Waals surface area contributed by atoms with E-state index < -0.39 is 5.54 Å². The topological polar surface area (TPSA) is 84.2 Å². The molecule has 2 rings (SSSR count). The molecule has 2 aromatic rings. The minimum Gasteiger partial charge on any atom is -0.348 e. The van der Waals surface area contributed by atoms with Crippen molar-refractivity contribution in [2.45, 2.75) is 38.8 Å². The Hall–Kier alpha value is -2.44. The average molecular weight is 394 g/mol. The maximum atomic E-state index is 12.9. The predicted octanol–water partition coefficient (Wildman–Crippen LogP) is 3.63. The summed E-state index contributed by atoms with van der Waals surface area (Å²) in [5.74, 6) is -0.820. The lowest BCUT2D eigenvalue weighted by Gasteiger charge is -2.22. The largest absolute Gasteiger partial charge is 0.348 e. The number of hydrogen-bond donors (Lipinski definition) is 3. The molecule has 5 nitrogen and oxygen atoms in total. The first-order valence-electron chi connectivity index (χ1n) is 8.55. The van der Waals surface area contributed by atoms with Gasteiger partial charge in [-0.2, -0.15) is 0 Å². The molecule has 1 atom stereocenters. The molecule has 0 bridgehead atoms. The number of nitrogens with two attached hydrogens (primary N) is 1. The van der Waals surface area contributed by atoms with Crippen molar-refractivity contribution >= 4 is 29.9 Å². The van der Waals surface area contributed by atoms with Crippen LogP contribution in [0.15, 0.2) is 48.5 Å². The first-order chi connectivity index (χ1) is 12.3. The minimum atomic E-state index is -0.931. The molecular formula is C20H25ClFN3O2. The maximum Gasteiger partial charge on any atom is 0.251 e. The van der Waals surface area contributed by atoms with Crippen molar-refractivity contribution in [2.75, 3.05) is 5.32 Å². The zero-order chi connectivity index (χ0) is 19.2. The molecule has 0 aliphatic carbocycles. The van der Waals surface area contributed by atoms with Crippen LogP contribution < -0.4 is 16.4 Å². The molecule has 2 aromatic carbocycles. The molecule has 0 aliphatic heterocycles. The number of halogens is 2. The van der Waals surface area contributed by atoms with Gasteiger partial charge in [0.05, 0.1) is 5.54 Å². The fourth-order valence-corrected chi connectivity index (χ4v) is 2.50. The van der Waals surface area contributed by atoms with Crippen molar-refractivity contribution in [2.24, 2.45) is 5.73 Å². The SMILES string of the molecule is CCCC(C)(N)C(=O)Nc1ccc(C(=O)NCc2ccc(F)cc2)cc1.Cl. The highest BCUT2D eigenvalue weighted by Crippen LogP contribution is 2.15. The summed E-state index contributed by atoms with van der Waals surface area (Å²) in [4.78, 5) is 24.4. The summed E-state index contributed by atoms with van der Waals surface area (Å²) in [5, 5.41) is 5.53. The second-order valence-electron chi connectivity index (χ2n) is 6.51. The van der Waals surface area contributed by atoms with Crippen LogP contribution >= 0.6 is 12.4 Å². The standard InChI is InChI=1S/C20H24FN3O2.ClH/c1-3-12-20(2,22)19(26)24-17-10-6-15(7-11-17)18(25)23-13-14-4-8-16(21)9-5-14;/h4-11H,3,12-13,22H2,1-2H3,(H,23,25)(H,24,26);1H. The van der Waals surface area contributed by atoms with Crippen molar-refractivity contribution in [3.63, 3.8) is 0 Å². The monoisotopic (exact) mass is 393 g/mol. The molecule has 27 heavy (non-hydrogen) atoms. The van der Waals surface area contributed by atoms with Gasteiger partial charge in [-0.05, 0) is 55.3 Å². The molecule has 146 valence electrons. The molecule has 0 spiro atoms. The van der Waals surface area contributed by atoms with Gasteiger partial charge in [0.15, 0.2) is 0 Å². The Morgan fingerprint density at radius 2 is 1.67 bits per heavy atom. The van der Waals surface area contributed by atoms with E-state index in [0.29, 0.717) is 24.2 Å². The number of amides is 2. The fourth-order valence-electron chi connectivity index (χ4n) is 2.50. The highest BCUT2D eigenvalue weighted by atomic mass is 35.5. The van der Waals surface area contributed by atoms with Gasteiger partial charge < -0.3 is 16.4 Å². The van der Waals surface area contributed by atoms with Crippen LogP contribution in [0, 0.1) is 5.82 Å². The van der Waals surface area contributed by atoms with Crippen LogP contribution in [-0.4, -0.2) is 17.4 Å². The summed E-state index contributed by atoms with van der Waals surface area (Å²) >= 11 is 0. The lowest BCUT2D eigenvalue weighted by molar-refractivity contribution is -0.120. The second-order valence-corrected chi connectivity index (χ2v) is 6.51. The molecule has 0 heterocycles. The van der Waals surface area contributed by atoms with Crippen LogP contribution in [0.4, 0.5) is 10.1 Å². The molecule has 0 saturated heterocycles. The molecule has 0 saturated carbocycles. The van der Waals surface area contributed by atoms with Crippen LogP contribution in [0.1, 0.15) is 42.6 Å². The Morgan fingerprint density at radius 3 is 2.22 bits per heavy atom. The maximum absolute atomic E-state index is 12.9. The molecule has 7 heteroatoms. The molecule has 4 N–H and O–H groups in total. The predicted molar refractivity (Wildman–Crippen MR) is 107 cm³/mol. The third-order valence-corrected chi connectivity index (χ3v) is 4.06. The molecule has 0 fully saturated rings. The number of nitrogens with one attached hydrogen (secondary N) is 2. The van der Waals surface area contributed by atoms with Gasteiger partial charge in [0.2, 0.25) is 5.91 Å². The van der Waals surface area contributed by atoms with E-state index in [1.807, 2.05) is 6.92 Å². The Labute approximate surface area is 164 Å². The molecular weight excluding hydrogens is 369 g/mol. The van der Waals surface area contributed by atoms with Gasteiger partial charge in [-0.15, -0.1) is 12.4 Å². The molecule has 0 aliphatic rings. The number of benzene rings is 2. The molecule has 0 aromatic heterocycles. The van der Waals surface area contributed by atoms with Gasteiger partial charge in [-0.3, -0.25) is 9.59 Å². The van der Waals surface area contributed by atoms with Crippen LogP contribution in [0.3, 0.4) is 0 Å². The van der Waals surface area contributed by atoms with E-state index in [1.54, 1.807) is 43.3 Å². The van der Waals surface area contributed by atoms with Gasteiger partial charge in [0.25, 0.3) is 5.91 Å². The van der Waals surface area contributed by atoms with E-state index in [2.05, 4.69) is 10.6 Å². The van der Waals surface area contributed by atoms with Gasteiger partial charge in [0.1, 0.15) is 5.82 Å². The Balaban J connectivity index is 0.00000364. The number of hydrogen-bond acceptors (Lipinski definition) is 3. The van der Waals surface area contributed by atoms with Crippen LogP contribution in [-0.2, 0) is 11.3 Å². The Bertz CT molecular complexity index is 762. The fraction of sp³-hybridized carbons (Fsp3) is 0.300. The van der Waals surface area contributed by atoms with E-state index in [4.69, 9.17) is 5.73 Å². The van der Waals surface area contributed by atoms with E-state index >= 15 is 0 Å². The van der Waals surface area contributed by atoms with Gasteiger partial charge in [-0.25, -0.2) is 4.39 Å². The van der Waals surface area contributed by atoms with Gasteiger partial charge >= 0.3 is 0 Å². The zero-order valence-corrected chi connectivity index (χ0v) is 16.2. The number of carbonyl (C=O) groups is 2. The highest BCUT2D eigenvalue weighted by molar-refractivity contribution is 5.98. The van der Waals surface area contributed by atoms with Gasteiger partial charge in [0, 0.05) is 17.8 Å². The van der Waals surface area contributed by atoms with Crippen LogP contribution in [0.2, 0.25) is 0 Å². The van der Waals surface area contributed by atoms with Crippen molar-refractivity contribution in [1.29, 1.82) is 0 Å². The lowest BCUT2D eigenvalue weighted by atomic mass is 9.96. The second kappa shape index (κ2) is 10.0. The first kappa shape index (κ1) is 22.6. The van der Waals surface area contributed by atoms with E-state index in [9.17, 15) is 14.0 Å². The van der Waals surface area contributed by atoms with Crippen molar-refractivity contribution in [3.8, 4) is 0 Å². The van der Waals surface area contributed by atoms with Crippen molar-refractivity contribution in [3.05, 3.63) is 65.5 Å². The summed E-state index contributed by atoms with van der Waals surface area (Å²) in [6.45, 7) is 3.97. The summed E-state index contributed by atoms with van der Waals surface area (Å²) in [6.07, 6.45) is 1.40. The smallest absolute Gasteiger partial charge is 0.251 e. The Kier molecular flexibility index (Phi) is 8.40. The third-order valence-electron chi connectivity index (χ3n) is 4.06. The zero-order valence-electron chi connectivity index (χ0n) is 15.4. The average Bonchev–Trinajstić information content (AvgIpc) is 2.61. The molecule has 0 radical (unpaired) electrons. The van der Waals surface area contributed by atoms with Crippen LogP contribution in [0.5, 0.6) is 0 Å². The van der Waals surface area contributed by atoms with E-state index in [1.165, 1.54) is 12.1 Å². The summed E-state index contributed by atoms with van der Waals surface area (Å²) in [7, 11) is 0. The van der Waals surface area contributed by atoms with Crippen molar-refractivity contribution in [1.82, 2.24) is 5.32 Å². The number of carbonyl (C=O) groups excluding carboxylic acids is 2. The van der Waals surface area contributed by atoms with E-state index in [-0.39, 0.29) is 30.0 Å². The number of rotatable bonds is 7. The van der Waals surface area contributed by atoms with E-state index in [0.717, 1.165) is 12.0 Å². The summed E-state index contributed by atoms with van der Waals surface area (Å²) in [5.41, 5.74) is 6.93. The third kappa shape index (κ3) is 6.66. The highest BCUT2D eigenvalue weighted by Gasteiger charge is 2.27. The Morgan fingerprint density at radius 1 is 1.07 bits per heavy atom. The summed E-state index contributed by atoms with van der Waals surface area (Å²) in [6, 6.07) is 12.5. The lowest BCUT2D eigenvalue weighted by Crippen LogP contribution is -2.48. The normalized spacial score (nSPS) is 12.4. The van der Waals surface area contributed by atoms with Gasteiger partial charge in [-0.1, -0.05) is 25.5 Å². The molecule has 1 unspecified atom stereocenters. The summed E-state index contributed by atoms with van der Waals surface area (Å²) < 4.78 is 12.9.